The topological polar surface area (TPSA) is 43.4 Å². The minimum atomic E-state index is -3.37. The first-order chi connectivity index (χ1) is 7.20. The van der Waals surface area contributed by atoms with Gasteiger partial charge in [0.2, 0.25) is 0 Å². The van der Waals surface area contributed by atoms with Crippen LogP contribution in [0.15, 0.2) is 23.1 Å². The van der Waals surface area contributed by atoms with E-state index in [2.05, 4.69) is 0 Å². The maximum absolute atomic E-state index is 12.3. The van der Waals surface area contributed by atoms with Gasteiger partial charge in [0.15, 0.2) is 9.84 Å². The lowest BCUT2D eigenvalue weighted by Crippen LogP contribution is -2.28. The van der Waals surface area contributed by atoms with E-state index in [0.29, 0.717) is 5.75 Å². The summed E-state index contributed by atoms with van der Waals surface area (Å²) in [6, 6.07) is 5.17. The fourth-order valence-electron chi connectivity index (χ4n) is 1.32. The van der Waals surface area contributed by atoms with E-state index in [4.69, 9.17) is 4.74 Å². The number of sulfone groups is 1. The van der Waals surface area contributed by atoms with Crippen molar-refractivity contribution in [2.24, 2.45) is 0 Å². The first-order valence-electron chi connectivity index (χ1n) is 5.09. The molecule has 0 saturated heterocycles. The quantitative estimate of drug-likeness (QED) is 0.800. The molecule has 0 unspecified atom stereocenters. The average molecular weight is 242 g/mol. The third kappa shape index (κ3) is 2.21. The molecule has 0 saturated carbocycles. The number of hydrogen-bond donors (Lipinski definition) is 0. The van der Waals surface area contributed by atoms with Gasteiger partial charge in [-0.25, -0.2) is 8.42 Å². The van der Waals surface area contributed by atoms with Crippen molar-refractivity contribution in [3.8, 4) is 5.75 Å². The Morgan fingerprint density at radius 1 is 1.19 bits per heavy atom. The SMILES string of the molecule is COc1ccc(C)cc1S(=O)(=O)C(C)(C)C. The molecule has 0 aromatic heterocycles. The molecule has 0 heterocycles. The van der Waals surface area contributed by atoms with Crippen LogP contribution in [0.4, 0.5) is 0 Å². The van der Waals surface area contributed by atoms with Crippen LogP contribution in [-0.4, -0.2) is 20.3 Å². The Kier molecular flexibility index (Phi) is 3.33. The highest BCUT2D eigenvalue weighted by Crippen LogP contribution is 2.32. The van der Waals surface area contributed by atoms with E-state index in [1.165, 1.54) is 7.11 Å². The summed E-state index contributed by atoms with van der Waals surface area (Å²) >= 11 is 0. The molecule has 0 amide bonds. The van der Waals surface area contributed by atoms with Gasteiger partial charge >= 0.3 is 0 Å². The Hall–Kier alpha value is -1.03. The number of ether oxygens (including phenoxy) is 1. The van der Waals surface area contributed by atoms with Gasteiger partial charge in [-0.2, -0.15) is 0 Å². The Balaban J connectivity index is 3.50. The summed E-state index contributed by atoms with van der Waals surface area (Å²) in [5.41, 5.74) is 0.906. The fourth-order valence-corrected chi connectivity index (χ4v) is 2.74. The molecule has 0 aliphatic rings. The standard InChI is InChI=1S/C12H18O3S/c1-9-6-7-10(15-5)11(8-9)16(13,14)12(2,3)4/h6-8H,1-5H3. The third-order valence-corrected chi connectivity index (χ3v) is 4.93. The van der Waals surface area contributed by atoms with E-state index >= 15 is 0 Å². The summed E-state index contributed by atoms with van der Waals surface area (Å²) in [6.45, 7) is 6.92. The van der Waals surface area contributed by atoms with Crippen LogP contribution < -0.4 is 4.74 Å². The van der Waals surface area contributed by atoms with Crippen LogP contribution in [0.1, 0.15) is 26.3 Å². The van der Waals surface area contributed by atoms with E-state index in [9.17, 15) is 8.42 Å². The maximum atomic E-state index is 12.3. The van der Waals surface area contributed by atoms with Crippen molar-refractivity contribution >= 4 is 9.84 Å². The normalized spacial score (nSPS) is 12.6. The highest BCUT2D eigenvalue weighted by Gasteiger charge is 2.33. The Labute approximate surface area is 97.4 Å². The van der Waals surface area contributed by atoms with Crippen molar-refractivity contribution in [2.75, 3.05) is 7.11 Å². The van der Waals surface area contributed by atoms with Crippen molar-refractivity contribution in [1.29, 1.82) is 0 Å². The molecule has 0 aliphatic heterocycles. The second kappa shape index (κ2) is 4.09. The number of aryl methyl sites for hydroxylation is 1. The van der Waals surface area contributed by atoms with Gasteiger partial charge in [0.25, 0.3) is 0 Å². The predicted octanol–water partition coefficient (Wildman–Crippen LogP) is 2.58. The van der Waals surface area contributed by atoms with E-state index in [1.807, 2.05) is 13.0 Å². The lowest BCUT2D eigenvalue weighted by molar-refractivity contribution is 0.401. The van der Waals surface area contributed by atoms with Crippen LogP contribution in [0.2, 0.25) is 0 Å². The van der Waals surface area contributed by atoms with Crippen LogP contribution in [-0.2, 0) is 9.84 Å². The molecule has 1 aromatic rings. The van der Waals surface area contributed by atoms with E-state index < -0.39 is 14.6 Å². The summed E-state index contributed by atoms with van der Waals surface area (Å²) in [6.07, 6.45) is 0. The molecule has 0 aliphatic carbocycles. The first-order valence-corrected chi connectivity index (χ1v) is 6.58. The smallest absolute Gasteiger partial charge is 0.186 e. The zero-order chi connectivity index (χ0) is 12.6. The van der Waals surface area contributed by atoms with Crippen LogP contribution in [0.3, 0.4) is 0 Å². The average Bonchev–Trinajstić information content (AvgIpc) is 2.16. The van der Waals surface area contributed by atoms with Gasteiger partial charge < -0.3 is 4.74 Å². The molecule has 0 atom stereocenters. The molecule has 3 nitrogen and oxygen atoms in total. The van der Waals surface area contributed by atoms with Crippen LogP contribution in [0.25, 0.3) is 0 Å². The van der Waals surface area contributed by atoms with Gasteiger partial charge in [0.05, 0.1) is 11.9 Å². The largest absolute Gasteiger partial charge is 0.495 e. The third-order valence-electron chi connectivity index (χ3n) is 2.41. The van der Waals surface area contributed by atoms with Gasteiger partial charge in [-0.3, -0.25) is 0 Å². The van der Waals surface area contributed by atoms with Crippen molar-refractivity contribution in [2.45, 2.75) is 37.3 Å². The van der Waals surface area contributed by atoms with Gasteiger partial charge in [-0.1, -0.05) is 6.07 Å². The molecule has 4 heteroatoms. The highest BCUT2D eigenvalue weighted by molar-refractivity contribution is 7.92. The maximum Gasteiger partial charge on any atom is 0.186 e. The highest BCUT2D eigenvalue weighted by atomic mass is 32.2. The van der Waals surface area contributed by atoms with Crippen molar-refractivity contribution in [3.05, 3.63) is 23.8 Å². The number of methoxy groups -OCH3 is 1. The van der Waals surface area contributed by atoms with Crippen LogP contribution in [0, 0.1) is 6.92 Å². The summed E-state index contributed by atoms with van der Waals surface area (Å²) in [5.74, 6) is 0.403. The Bertz CT molecular complexity index is 481. The van der Waals surface area contributed by atoms with Gasteiger partial charge in [-0.15, -0.1) is 0 Å². The second-order valence-electron chi connectivity index (χ2n) is 4.77. The number of benzene rings is 1. The number of hydrogen-bond acceptors (Lipinski definition) is 3. The predicted molar refractivity (Wildman–Crippen MR) is 64.7 cm³/mol. The zero-order valence-electron chi connectivity index (χ0n) is 10.4. The summed E-state index contributed by atoms with van der Waals surface area (Å²) in [4.78, 5) is 0.266. The van der Waals surface area contributed by atoms with Crippen LogP contribution in [0.5, 0.6) is 5.75 Å². The van der Waals surface area contributed by atoms with Gasteiger partial charge in [0.1, 0.15) is 10.6 Å². The van der Waals surface area contributed by atoms with Crippen molar-refractivity contribution in [3.63, 3.8) is 0 Å². The lowest BCUT2D eigenvalue weighted by Gasteiger charge is -2.21. The zero-order valence-corrected chi connectivity index (χ0v) is 11.2. The molecule has 16 heavy (non-hydrogen) atoms. The van der Waals surface area contributed by atoms with E-state index in [1.54, 1.807) is 32.9 Å². The summed E-state index contributed by atoms with van der Waals surface area (Å²) in [7, 11) is -1.89. The molecular weight excluding hydrogens is 224 g/mol. The Morgan fingerprint density at radius 2 is 1.75 bits per heavy atom. The molecule has 0 radical (unpaired) electrons. The molecular formula is C12H18O3S. The Morgan fingerprint density at radius 3 is 2.19 bits per heavy atom. The molecule has 0 spiro atoms. The summed E-state index contributed by atoms with van der Waals surface area (Å²) in [5, 5.41) is 0. The first kappa shape index (κ1) is 13.0. The molecule has 90 valence electrons. The monoisotopic (exact) mass is 242 g/mol. The van der Waals surface area contributed by atoms with Gasteiger partial charge in [0, 0.05) is 0 Å². The molecule has 1 rings (SSSR count). The minimum absolute atomic E-state index is 0.266. The summed E-state index contributed by atoms with van der Waals surface area (Å²) < 4.78 is 28.9. The molecule has 0 fully saturated rings. The van der Waals surface area contributed by atoms with Crippen LogP contribution >= 0.6 is 0 Å². The van der Waals surface area contributed by atoms with Gasteiger partial charge in [-0.05, 0) is 45.4 Å². The van der Waals surface area contributed by atoms with E-state index in [0.717, 1.165) is 5.56 Å². The molecule has 1 aromatic carbocycles. The minimum Gasteiger partial charge on any atom is -0.495 e. The lowest BCUT2D eigenvalue weighted by atomic mass is 10.2. The van der Waals surface area contributed by atoms with E-state index in [-0.39, 0.29) is 4.90 Å². The van der Waals surface area contributed by atoms with Crippen molar-refractivity contribution in [1.82, 2.24) is 0 Å². The van der Waals surface area contributed by atoms with Crippen molar-refractivity contribution < 1.29 is 13.2 Å². The second-order valence-corrected chi connectivity index (χ2v) is 7.44. The number of rotatable bonds is 2. The molecule has 0 bridgehead atoms. The molecule has 0 N–H and O–H groups in total. The fraction of sp³-hybridized carbons (Fsp3) is 0.500.